The Morgan fingerprint density at radius 3 is 2.65 bits per heavy atom. The number of aromatic nitrogens is 5. The maximum Gasteiger partial charge on any atom is 0.242 e. The molecule has 2 N–H and O–H groups in total. The molecule has 0 fully saturated rings. The molecule has 8 heteroatoms. The predicted molar refractivity (Wildman–Crippen MR) is 157 cm³/mol. The zero-order chi connectivity index (χ0) is 27.6. The van der Waals surface area contributed by atoms with Crippen molar-refractivity contribution in [1.82, 2.24) is 29.1 Å². The number of aryl methyl sites for hydroxylation is 1. The fourth-order valence-electron chi connectivity index (χ4n) is 4.53. The van der Waals surface area contributed by atoms with Gasteiger partial charge in [-0.1, -0.05) is 5.92 Å². The summed E-state index contributed by atoms with van der Waals surface area (Å²) in [6.07, 6.45) is 9.50. The molecule has 0 saturated carbocycles. The van der Waals surface area contributed by atoms with Crippen LogP contribution in [0.15, 0.2) is 91.6 Å². The molecule has 0 aliphatic carbocycles. The Morgan fingerprint density at radius 1 is 0.975 bits per heavy atom. The van der Waals surface area contributed by atoms with Crippen LogP contribution in [0.5, 0.6) is 0 Å². The lowest BCUT2D eigenvalue weighted by molar-refractivity contribution is -0.117. The van der Waals surface area contributed by atoms with Gasteiger partial charge in [-0.2, -0.15) is 0 Å². The van der Waals surface area contributed by atoms with Gasteiger partial charge in [0.05, 0.1) is 17.4 Å². The number of pyridine rings is 4. The molecule has 8 nitrogen and oxygen atoms in total. The average molecular weight is 526 g/mol. The number of likely N-dealkylation sites (N-methyl/N-ethyl adjacent to an activating group) is 1. The van der Waals surface area contributed by atoms with E-state index in [2.05, 4.69) is 31.9 Å². The minimum absolute atomic E-state index is 0.178. The largest absolute Gasteiger partial charge is 0.323 e. The molecule has 6 aromatic rings. The van der Waals surface area contributed by atoms with E-state index in [1.807, 2.05) is 84.5 Å². The monoisotopic (exact) mass is 525 g/mol. The summed E-state index contributed by atoms with van der Waals surface area (Å²) in [6, 6.07) is 19.4. The molecular weight excluding hydrogens is 498 g/mol. The molecule has 6 heterocycles. The van der Waals surface area contributed by atoms with E-state index in [1.165, 1.54) is 0 Å². The van der Waals surface area contributed by atoms with Gasteiger partial charge in [0.1, 0.15) is 17.2 Å². The molecule has 6 rings (SSSR count). The standard InChI is InChI=1S/C32H27N7O/c1-21-14-18-39-29(19-21)37-30(24-12-15-34-16-13-24)31(39)26-9-11-28(36-32(40)22(2)33-3)35-27(26)10-7-23-6-8-25-5-4-17-38(25)20-23/h4-6,8-9,11-20,22,33H,1-3H3,(H,35,36,40). The smallest absolute Gasteiger partial charge is 0.242 e. The van der Waals surface area contributed by atoms with Crippen LogP contribution in [0.3, 0.4) is 0 Å². The highest BCUT2D eigenvalue weighted by Gasteiger charge is 2.20. The summed E-state index contributed by atoms with van der Waals surface area (Å²) >= 11 is 0. The minimum Gasteiger partial charge on any atom is -0.323 e. The van der Waals surface area contributed by atoms with Gasteiger partial charge in [0.2, 0.25) is 5.91 Å². The van der Waals surface area contributed by atoms with Crippen LogP contribution in [0, 0.1) is 18.8 Å². The molecule has 0 aromatic carbocycles. The molecule has 0 aliphatic heterocycles. The number of nitrogens with one attached hydrogen (secondary N) is 2. The molecule has 6 aromatic heterocycles. The Morgan fingerprint density at radius 2 is 1.82 bits per heavy atom. The molecule has 0 radical (unpaired) electrons. The van der Waals surface area contributed by atoms with Gasteiger partial charge >= 0.3 is 0 Å². The van der Waals surface area contributed by atoms with Crippen molar-refractivity contribution < 1.29 is 4.79 Å². The average Bonchev–Trinajstić information content (AvgIpc) is 3.60. The van der Waals surface area contributed by atoms with Gasteiger partial charge in [-0.3, -0.25) is 14.2 Å². The normalized spacial score (nSPS) is 11.8. The Labute approximate surface area is 231 Å². The molecule has 1 unspecified atom stereocenters. The van der Waals surface area contributed by atoms with Crippen molar-refractivity contribution in [3.63, 3.8) is 0 Å². The van der Waals surface area contributed by atoms with E-state index in [0.29, 0.717) is 11.5 Å². The van der Waals surface area contributed by atoms with Gasteiger partial charge in [-0.25, -0.2) is 9.97 Å². The third-order valence-electron chi connectivity index (χ3n) is 6.81. The molecule has 0 bridgehead atoms. The second-order valence-corrected chi connectivity index (χ2v) is 9.58. The third kappa shape index (κ3) is 4.82. The zero-order valence-corrected chi connectivity index (χ0v) is 22.4. The van der Waals surface area contributed by atoms with Crippen molar-refractivity contribution in [1.29, 1.82) is 0 Å². The summed E-state index contributed by atoms with van der Waals surface area (Å²) in [5.41, 5.74) is 7.79. The number of carbonyl (C=O) groups excluding carboxylic acids is 1. The van der Waals surface area contributed by atoms with Gasteiger partial charge < -0.3 is 15.0 Å². The molecular formula is C32H27N7O. The molecule has 1 atom stereocenters. The van der Waals surface area contributed by atoms with Gasteiger partial charge in [-0.05, 0) is 93.0 Å². The number of anilines is 1. The van der Waals surface area contributed by atoms with Crippen molar-refractivity contribution in [2.45, 2.75) is 19.9 Å². The fraction of sp³-hybridized carbons (Fsp3) is 0.125. The first-order valence-electron chi connectivity index (χ1n) is 13.0. The van der Waals surface area contributed by atoms with E-state index in [0.717, 1.165) is 44.8 Å². The summed E-state index contributed by atoms with van der Waals surface area (Å²) in [5, 5.41) is 5.86. The number of hydrogen-bond donors (Lipinski definition) is 2. The van der Waals surface area contributed by atoms with Crippen LogP contribution in [0.2, 0.25) is 0 Å². The van der Waals surface area contributed by atoms with Gasteiger partial charge in [0.15, 0.2) is 0 Å². The van der Waals surface area contributed by atoms with Crippen molar-refractivity contribution in [2.75, 3.05) is 12.4 Å². The first-order chi connectivity index (χ1) is 19.5. The van der Waals surface area contributed by atoms with Crippen LogP contribution in [-0.2, 0) is 4.79 Å². The highest BCUT2D eigenvalue weighted by Crippen LogP contribution is 2.34. The van der Waals surface area contributed by atoms with Crippen molar-refractivity contribution >= 4 is 22.9 Å². The Bertz CT molecular complexity index is 1930. The van der Waals surface area contributed by atoms with Gasteiger partial charge in [-0.15, -0.1) is 0 Å². The zero-order valence-electron chi connectivity index (χ0n) is 22.4. The van der Waals surface area contributed by atoms with E-state index < -0.39 is 0 Å². The van der Waals surface area contributed by atoms with E-state index in [9.17, 15) is 4.79 Å². The number of amides is 1. The summed E-state index contributed by atoms with van der Waals surface area (Å²) in [5.74, 6) is 6.82. The second-order valence-electron chi connectivity index (χ2n) is 9.58. The molecule has 40 heavy (non-hydrogen) atoms. The highest BCUT2D eigenvalue weighted by molar-refractivity contribution is 5.94. The number of rotatable bonds is 5. The number of nitrogens with zero attached hydrogens (tertiary/aromatic N) is 5. The predicted octanol–water partition coefficient (Wildman–Crippen LogP) is 4.97. The van der Waals surface area contributed by atoms with Crippen LogP contribution < -0.4 is 10.6 Å². The number of fused-ring (bicyclic) bond motifs is 2. The fourth-order valence-corrected chi connectivity index (χ4v) is 4.53. The number of carbonyl (C=O) groups is 1. The summed E-state index contributed by atoms with van der Waals surface area (Å²) in [6.45, 7) is 3.84. The topological polar surface area (TPSA) is 88.6 Å². The van der Waals surface area contributed by atoms with Crippen molar-refractivity contribution in [2.24, 2.45) is 0 Å². The first kappa shape index (κ1) is 25.0. The summed E-state index contributed by atoms with van der Waals surface area (Å²) < 4.78 is 4.08. The van der Waals surface area contributed by atoms with Crippen LogP contribution >= 0.6 is 0 Å². The summed E-state index contributed by atoms with van der Waals surface area (Å²) in [4.78, 5) is 26.6. The highest BCUT2D eigenvalue weighted by atomic mass is 16.2. The number of imidazole rings is 1. The third-order valence-corrected chi connectivity index (χ3v) is 6.81. The molecule has 0 aliphatic rings. The van der Waals surface area contributed by atoms with Gasteiger partial charge in [0.25, 0.3) is 0 Å². The molecule has 196 valence electrons. The van der Waals surface area contributed by atoms with Crippen LogP contribution in [0.1, 0.15) is 23.7 Å². The number of hydrogen-bond acceptors (Lipinski definition) is 5. The lowest BCUT2D eigenvalue weighted by atomic mass is 10.0. The van der Waals surface area contributed by atoms with E-state index >= 15 is 0 Å². The second kappa shape index (κ2) is 10.5. The Hall–Kier alpha value is -5.26. The first-order valence-corrected chi connectivity index (χ1v) is 13.0. The van der Waals surface area contributed by atoms with Crippen LogP contribution in [0.4, 0.5) is 5.82 Å². The summed E-state index contributed by atoms with van der Waals surface area (Å²) in [7, 11) is 1.74. The Balaban J connectivity index is 1.55. The lowest BCUT2D eigenvalue weighted by Crippen LogP contribution is -2.35. The van der Waals surface area contributed by atoms with E-state index in [4.69, 9.17) is 9.97 Å². The SMILES string of the molecule is CNC(C)C(=O)Nc1ccc(-c2c(-c3ccncc3)nc3cc(C)ccn23)c(C#Cc2ccc3cccn3c2)n1. The molecule has 0 saturated heterocycles. The lowest BCUT2D eigenvalue weighted by Gasteiger charge is -2.13. The minimum atomic E-state index is -0.371. The van der Waals surface area contributed by atoms with Crippen molar-refractivity contribution in [3.8, 4) is 34.4 Å². The van der Waals surface area contributed by atoms with Crippen LogP contribution in [-0.4, -0.2) is 42.8 Å². The maximum atomic E-state index is 12.6. The van der Waals surface area contributed by atoms with Gasteiger partial charge in [0, 0.05) is 53.2 Å². The maximum absolute atomic E-state index is 12.6. The van der Waals surface area contributed by atoms with E-state index in [-0.39, 0.29) is 11.9 Å². The molecule has 1 amide bonds. The van der Waals surface area contributed by atoms with E-state index in [1.54, 1.807) is 32.4 Å². The molecule has 0 spiro atoms. The Kier molecular flexibility index (Phi) is 6.56. The van der Waals surface area contributed by atoms with Crippen molar-refractivity contribution in [3.05, 3.63) is 108 Å². The quantitative estimate of drug-likeness (QED) is 0.311. The van der Waals surface area contributed by atoms with Crippen LogP contribution in [0.25, 0.3) is 33.7 Å².